The Labute approximate surface area is 205 Å². The Hall–Kier alpha value is -2.83. The average molecular weight is 574 g/mol. The van der Waals surface area contributed by atoms with Gasteiger partial charge in [-0.05, 0) is 64.6 Å². The van der Waals surface area contributed by atoms with Crippen molar-refractivity contribution in [2.75, 3.05) is 11.1 Å². The first-order valence-electron chi connectivity index (χ1n) is 9.34. The number of aromatic nitrogens is 1. The molecule has 0 saturated carbocycles. The minimum atomic E-state index is -0.519. The number of benzene rings is 3. The van der Waals surface area contributed by atoms with E-state index in [1.807, 2.05) is 48.7 Å². The van der Waals surface area contributed by atoms with Crippen LogP contribution < -0.4 is 5.32 Å². The van der Waals surface area contributed by atoms with Crippen molar-refractivity contribution in [1.29, 1.82) is 0 Å². The van der Waals surface area contributed by atoms with E-state index in [2.05, 4.69) is 37.9 Å². The molecule has 0 saturated heterocycles. The van der Waals surface area contributed by atoms with Crippen LogP contribution >= 0.6 is 45.7 Å². The molecule has 0 bridgehead atoms. The number of halogens is 1. The van der Waals surface area contributed by atoms with Crippen LogP contribution in [0.25, 0.3) is 10.2 Å². The number of anilines is 1. The van der Waals surface area contributed by atoms with Crippen LogP contribution in [-0.4, -0.2) is 27.8 Å². The fraction of sp³-hybridized carbons (Fsp3) is 0.0455. The molecule has 0 aliphatic rings. The number of nitro groups is 1. The van der Waals surface area contributed by atoms with Crippen molar-refractivity contribution in [1.82, 2.24) is 4.98 Å². The van der Waals surface area contributed by atoms with E-state index in [9.17, 15) is 14.9 Å². The summed E-state index contributed by atoms with van der Waals surface area (Å²) in [5.74, 6) is -0.227. The third-order valence-electron chi connectivity index (χ3n) is 4.29. The Morgan fingerprint density at radius 1 is 1.19 bits per heavy atom. The predicted octanol–water partition coefficient (Wildman–Crippen LogP) is 6.29. The first-order valence-corrected chi connectivity index (χ1v) is 12.2. The fourth-order valence-electron chi connectivity index (χ4n) is 2.78. The summed E-state index contributed by atoms with van der Waals surface area (Å²) in [4.78, 5) is 31.9. The van der Waals surface area contributed by atoms with E-state index in [4.69, 9.17) is 0 Å². The summed E-state index contributed by atoms with van der Waals surface area (Å²) in [5.41, 5.74) is 2.73. The summed E-state index contributed by atoms with van der Waals surface area (Å²) in [7, 11) is 0. The monoisotopic (exact) mass is 574 g/mol. The standard InChI is InChI=1S/C22H15IN4O3S2/c23-15-7-5-14(6-8-15)12-24-16-9-10-18-20(11-16)32-22(26-18)31-13-21(28)25-17-3-1-2-4-19(17)27(29)30/h1-12H,13H2,(H,25,28). The molecular formula is C22H15IN4O3S2. The van der Waals surface area contributed by atoms with Gasteiger partial charge < -0.3 is 5.32 Å². The molecule has 0 spiro atoms. The van der Waals surface area contributed by atoms with Crippen molar-refractivity contribution in [3.8, 4) is 0 Å². The highest BCUT2D eigenvalue weighted by Crippen LogP contribution is 2.32. The molecule has 0 radical (unpaired) electrons. The van der Waals surface area contributed by atoms with Gasteiger partial charge in [-0.1, -0.05) is 36.0 Å². The van der Waals surface area contributed by atoms with Crippen LogP contribution in [0.2, 0.25) is 0 Å². The number of nitrogens with one attached hydrogen (secondary N) is 1. The SMILES string of the molecule is O=C(CSc1nc2ccc(N=Cc3ccc(I)cc3)cc2s1)Nc1ccccc1[N+](=O)[O-]. The third-order valence-corrected chi connectivity index (χ3v) is 7.17. The van der Waals surface area contributed by atoms with Gasteiger partial charge in [0.15, 0.2) is 4.34 Å². The molecule has 0 unspecified atom stereocenters. The molecular weight excluding hydrogens is 559 g/mol. The van der Waals surface area contributed by atoms with Crippen molar-refractivity contribution in [3.05, 3.63) is 86.0 Å². The van der Waals surface area contributed by atoms with Gasteiger partial charge in [0.1, 0.15) is 5.69 Å². The normalized spacial score (nSPS) is 11.2. The van der Waals surface area contributed by atoms with Crippen molar-refractivity contribution >= 4 is 85.1 Å². The van der Waals surface area contributed by atoms with Gasteiger partial charge in [0.2, 0.25) is 5.91 Å². The first kappa shape index (κ1) is 22.4. The minimum absolute atomic E-state index is 0.101. The van der Waals surface area contributed by atoms with Crippen molar-refractivity contribution < 1.29 is 9.72 Å². The quantitative estimate of drug-likeness (QED) is 0.0920. The summed E-state index contributed by atoms with van der Waals surface area (Å²) in [6.45, 7) is 0. The Balaban J connectivity index is 1.40. The number of amides is 1. The van der Waals surface area contributed by atoms with E-state index in [0.29, 0.717) is 0 Å². The van der Waals surface area contributed by atoms with E-state index in [0.717, 1.165) is 25.8 Å². The van der Waals surface area contributed by atoms with Crippen LogP contribution in [0.1, 0.15) is 5.56 Å². The highest BCUT2D eigenvalue weighted by molar-refractivity contribution is 14.1. The van der Waals surface area contributed by atoms with E-state index in [1.165, 1.54) is 38.8 Å². The largest absolute Gasteiger partial charge is 0.320 e. The summed E-state index contributed by atoms with van der Waals surface area (Å²) < 4.78 is 2.90. The van der Waals surface area contributed by atoms with Crippen LogP contribution in [0, 0.1) is 13.7 Å². The lowest BCUT2D eigenvalue weighted by Gasteiger charge is -2.04. The number of thioether (sulfide) groups is 1. The van der Waals surface area contributed by atoms with E-state index in [-0.39, 0.29) is 23.0 Å². The van der Waals surface area contributed by atoms with Gasteiger partial charge in [0.05, 0.1) is 26.6 Å². The molecule has 1 N–H and O–H groups in total. The Morgan fingerprint density at radius 2 is 1.97 bits per heavy atom. The fourth-order valence-corrected chi connectivity index (χ4v) is 5.05. The maximum Gasteiger partial charge on any atom is 0.292 e. The molecule has 32 heavy (non-hydrogen) atoms. The van der Waals surface area contributed by atoms with Gasteiger partial charge in [-0.3, -0.25) is 19.9 Å². The number of nitrogens with zero attached hydrogens (tertiary/aromatic N) is 3. The maximum absolute atomic E-state index is 12.3. The number of fused-ring (bicyclic) bond motifs is 1. The number of carbonyl (C=O) groups is 1. The summed E-state index contributed by atoms with van der Waals surface area (Å²) >= 11 is 5.04. The van der Waals surface area contributed by atoms with Gasteiger partial charge in [-0.15, -0.1) is 11.3 Å². The number of rotatable bonds is 7. The zero-order valence-corrected chi connectivity index (χ0v) is 20.2. The topological polar surface area (TPSA) is 97.5 Å². The molecule has 1 amide bonds. The lowest BCUT2D eigenvalue weighted by atomic mass is 10.2. The second-order valence-electron chi connectivity index (χ2n) is 6.55. The number of thiazole rings is 1. The molecule has 0 fully saturated rings. The van der Waals surface area contributed by atoms with Crippen LogP contribution in [-0.2, 0) is 4.79 Å². The molecule has 7 nitrogen and oxygen atoms in total. The Bertz CT molecular complexity index is 1320. The van der Waals surface area contributed by atoms with Crippen LogP contribution in [0.3, 0.4) is 0 Å². The number of para-hydroxylation sites is 2. The van der Waals surface area contributed by atoms with Gasteiger partial charge in [0.25, 0.3) is 5.69 Å². The predicted molar refractivity (Wildman–Crippen MR) is 138 cm³/mol. The van der Waals surface area contributed by atoms with Gasteiger partial charge >= 0.3 is 0 Å². The molecule has 1 heterocycles. The summed E-state index contributed by atoms with van der Waals surface area (Å²) in [6, 6.07) is 19.9. The maximum atomic E-state index is 12.3. The summed E-state index contributed by atoms with van der Waals surface area (Å²) in [5, 5.41) is 13.7. The molecule has 10 heteroatoms. The summed E-state index contributed by atoms with van der Waals surface area (Å²) in [6.07, 6.45) is 1.82. The molecule has 3 aromatic carbocycles. The van der Waals surface area contributed by atoms with Gasteiger partial charge in [-0.2, -0.15) is 0 Å². The van der Waals surface area contributed by atoms with Crippen LogP contribution in [0.15, 0.2) is 76.1 Å². The van der Waals surface area contributed by atoms with E-state index in [1.54, 1.807) is 12.1 Å². The number of hydrogen-bond acceptors (Lipinski definition) is 7. The minimum Gasteiger partial charge on any atom is -0.320 e. The zero-order chi connectivity index (χ0) is 22.5. The second-order valence-corrected chi connectivity index (χ2v) is 10.1. The van der Waals surface area contributed by atoms with Crippen molar-refractivity contribution in [2.24, 2.45) is 4.99 Å². The van der Waals surface area contributed by atoms with Crippen LogP contribution in [0.5, 0.6) is 0 Å². The molecule has 0 aliphatic carbocycles. The van der Waals surface area contributed by atoms with Crippen LogP contribution in [0.4, 0.5) is 17.1 Å². The highest BCUT2D eigenvalue weighted by atomic mass is 127. The molecule has 4 aromatic rings. The smallest absolute Gasteiger partial charge is 0.292 e. The number of nitro benzene ring substituents is 1. The Morgan fingerprint density at radius 3 is 2.75 bits per heavy atom. The lowest BCUT2D eigenvalue weighted by molar-refractivity contribution is -0.383. The number of aliphatic imine (C=N–C) groups is 1. The van der Waals surface area contributed by atoms with Gasteiger partial charge in [0, 0.05) is 15.9 Å². The molecule has 0 atom stereocenters. The van der Waals surface area contributed by atoms with E-state index < -0.39 is 4.92 Å². The Kier molecular flexibility index (Phi) is 7.12. The number of hydrogen-bond donors (Lipinski definition) is 1. The second kappa shape index (κ2) is 10.2. The molecule has 160 valence electrons. The van der Waals surface area contributed by atoms with Crippen molar-refractivity contribution in [3.63, 3.8) is 0 Å². The third kappa shape index (κ3) is 5.69. The number of carbonyl (C=O) groups excluding carboxylic acids is 1. The molecule has 4 rings (SSSR count). The first-order chi connectivity index (χ1) is 15.5. The lowest BCUT2D eigenvalue weighted by Crippen LogP contribution is -2.15. The van der Waals surface area contributed by atoms with E-state index >= 15 is 0 Å². The zero-order valence-electron chi connectivity index (χ0n) is 16.4. The van der Waals surface area contributed by atoms with Gasteiger partial charge in [-0.25, -0.2) is 4.98 Å². The highest BCUT2D eigenvalue weighted by Gasteiger charge is 2.15. The van der Waals surface area contributed by atoms with Crippen molar-refractivity contribution in [2.45, 2.75) is 4.34 Å². The average Bonchev–Trinajstić information content (AvgIpc) is 3.20. The molecule has 1 aromatic heterocycles. The molecule has 0 aliphatic heterocycles.